The molecule has 3 aromatic heterocycles. The number of hydrogen-bond donors (Lipinski definition) is 4. The van der Waals surface area contributed by atoms with E-state index in [2.05, 4.69) is 31.0 Å². The molecule has 0 radical (unpaired) electrons. The van der Waals surface area contributed by atoms with Gasteiger partial charge in [0.25, 0.3) is 5.91 Å². The van der Waals surface area contributed by atoms with Crippen LogP contribution < -0.4 is 16.0 Å². The van der Waals surface area contributed by atoms with Crippen LogP contribution in [0.1, 0.15) is 49.3 Å². The van der Waals surface area contributed by atoms with Gasteiger partial charge in [-0.2, -0.15) is 18.3 Å². The number of H-pyrrole nitrogens is 1. The van der Waals surface area contributed by atoms with Crippen LogP contribution in [0.3, 0.4) is 0 Å². The van der Waals surface area contributed by atoms with E-state index in [0.29, 0.717) is 29.1 Å². The normalized spacial score (nSPS) is 11.9. The predicted molar refractivity (Wildman–Crippen MR) is 152 cm³/mol. The number of amides is 2. The minimum absolute atomic E-state index is 0.136. The number of alkyl halides is 3. The summed E-state index contributed by atoms with van der Waals surface area (Å²) in [5.74, 6) is 0.0564. The molecule has 0 fully saturated rings. The molecule has 0 unspecified atom stereocenters. The van der Waals surface area contributed by atoms with Crippen molar-refractivity contribution < 1.29 is 32.2 Å². The number of nitrogens with one attached hydrogen (secondary N) is 4. The summed E-state index contributed by atoms with van der Waals surface area (Å²) in [5, 5.41) is 14.1. The van der Waals surface area contributed by atoms with Crippen molar-refractivity contribution in [2.45, 2.75) is 45.9 Å². The van der Waals surface area contributed by atoms with Gasteiger partial charge in [0.15, 0.2) is 11.5 Å². The number of rotatable bonds is 11. The molecular weight excluding hydrogens is 569 g/mol. The number of imidazole rings is 1. The first-order valence-corrected chi connectivity index (χ1v) is 13.5. The fourth-order valence-electron chi connectivity index (χ4n) is 4.20. The summed E-state index contributed by atoms with van der Waals surface area (Å²) in [6, 6.07) is 5.20. The SMILES string of the molecule is CCc1cc(Nc2nccn3c(-c4cn[nH]c4C(F)(F)F)cnc23)ccc1C(=O)NCCOCCNC(=O)OC(C)(C)C. The van der Waals surface area contributed by atoms with Gasteiger partial charge < -0.3 is 25.4 Å². The van der Waals surface area contributed by atoms with Crippen LogP contribution in [0.2, 0.25) is 0 Å². The lowest BCUT2D eigenvalue weighted by Gasteiger charge is -2.19. The Labute approximate surface area is 245 Å². The Morgan fingerprint density at radius 1 is 1.05 bits per heavy atom. The molecule has 15 heteroatoms. The van der Waals surface area contributed by atoms with Crippen molar-refractivity contribution >= 4 is 29.2 Å². The minimum Gasteiger partial charge on any atom is -0.444 e. The maximum absolute atomic E-state index is 13.4. The third-order valence-corrected chi connectivity index (χ3v) is 6.07. The van der Waals surface area contributed by atoms with Crippen LogP contribution in [0, 0.1) is 0 Å². The predicted octanol–water partition coefficient (Wildman–Crippen LogP) is 4.72. The first-order chi connectivity index (χ1) is 20.4. The van der Waals surface area contributed by atoms with E-state index in [1.807, 2.05) is 12.0 Å². The summed E-state index contributed by atoms with van der Waals surface area (Å²) in [7, 11) is 0. The van der Waals surface area contributed by atoms with Gasteiger partial charge in [0.2, 0.25) is 0 Å². The smallest absolute Gasteiger partial charge is 0.433 e. The summed E-state index contributed by atoms with van der Waals surface area (Å²) >= 11 is 0. The molecule has 4 rings (SSSR count). The van der Waals surface area contributed by atoms with E-state index >= 15 is 0 Å². The molecule has 0 bridgehead atoms. The average Bonchev–Trinajstić information content (AvgIpc) is 3.59. The fraction of sp³-hybridized carbons (Fsp3) is 0.393. The highest BCUT2D eigenvalue weighted by molar-refractivity contribution is 5.96. The molecule has 3 heterocycles. The quantitative estimate of drug-likeness (QED) is 0.181. The highest BCUT2D eigenvalue weighted by Crippen LogP contribution is 2.36. The second-order valence-electron chi connectivity index (χ2n) is 10.4. The maximum atomic E-state index is 13.4. The van der Waals surface area contributed by atoms with E-state index < -0.39 is 23.6 Å². The number of ether oxygens (including phenoxy) is 2. The molecule has 0 aliphatic heterocycles. The molecule has 0 spiro atoms. The highest BCUT2D eigenvalue weighted by atomic mass is 19.4. The van der Waals surface area contributed by atoms with Gasteiger partial charge >= 0.3 is 12.3 Å². The van der Waals surface area contributed by atoms with Gasteiger partial charge in [-0.15, -0.1) is 0 Å². The van der Waals surface area contributed by atoms with Crippen molar-refractivity contribution in [2.75, 3.05) is 31.6 Å². The van der Waals surface area contributed by atoms with Gasteiger partial charge in [-0.25, -0.2) is 14.8 Å². The lowest BCUT2D eigenvalue weighted by molar-refractivity contribution is -0.140. The second kappa shape index (κ2) is 13.1. The van der Waals surface area contributed by atoms with E-state index in [1.54, 1.807) is 39.0 Å². The van der Waals surface area contributed by atoms with Crippen molar-refractivity contribution in [1.82, 2.24) is 35.2 Å². The molecule has 43 heavy (non-hydrogen) atoms. The molecule has 0 atom stereocenters. The first-order valence-electron chi connectivity index (χ1n) is 13.5. The summed E-state index contributed by atoms with van der Waals surface area (Å²) < 4.78 is 52.4. The number of nitrogens with zero attached hydrogens (tertiary/aromatic N) is 4. The summed E-state index contributed by atoms with van der Waals surface area (Å²) in [5.41, 5.74) is 0.720. The molecule has 0 saturated carbocycles. The van der Waals surface area contributed by atoms with Crippen molar-refractivity contribution in [1.29, 1.82) is 0 Å². The number of anilines is 2. The Morgan fingerprint density at radius 3 is 2.49 bits per heavy atom. The van der Waals surface area contributed by atoms with Crippen LogP contribution >= 0.6 is 0 Å². The van der Waals surface area contributed by atoms with Crippen LogP contribution in [0.4, 0.5) is 29.5 Å². The van der Waals surface area contributed by atoms with Crippen LogP contribution in [0.25, 0.3) is 16.9 Å². The fourth-order valence-corrected chi connectivity index (χ4v) is 4.20. The van der Waals surface area contributed by atoms with E-state index in [9.17, 15) is 22.8 Å². The topological polar surface area (TPSA) is 148 Å². The Bertz CT molecular complexity index is 1580. The molecule has 4 N–H and O–H groups in total. The van der Waals surface area contributed by atoms with Crippen LogP contribution in [-0.4, -0.2) is 68.5 Å². The number of alkyl carbamates (subject to hydrolysis) is 1. The first kappa shape index (κ1) is 31.3. The number of fused-ring (bicyclic) bond motifs is 1. The number of carbonyl (C=O) groups is 2. The third kappa shape index (κ3) is 8.00. The number of benzene rings is 1. The van der Waals surface area contributed by atoms with E-state index in [1.165, 1.54) is 23.0 Å². The zero-order chi connectivity index (χ0) is 31.2. The number of halogens is 3. The molecule has 230 valence electrons. The second-order valence-corrected chi connectivity index (χ2v) is 10.4. The van der Waals surface area contributed by atoms with Gasteiger partial charge in [0.1, 0.15) is 11.3 Å². The lowest BCUT2D eigenvalue weighted by atomic mass is 10.0. The number of aromatic amines is 1. The van der Waals surface area contributed by atoms with Gasteiger partial charge in [-0.1, -0.05) is 6.92 Å². The molecule has 0 aliphatic rings. The number of aryl methyl sites for hydroxylation is 1. The maximum Gasteiger partial charge on any atom is 0.433 e. The molecule has 0 aliphatic carbocycles. The molecule has 1 aromatic carbocycles. The zero-order valence-corrected chi connectivity index (χ0v) is 24.1. The standard InChI is InChI=1S/C28H33F3N8O4/c1-5-17-14-18(6-7-19(17)25(40)33-9-12-42-13-10-34-26(41)43-27(2,3)4)37-23-24-35-16-21(39(24)11-8-32-23)20-15-36-38-22(20)28(29,30)31/h6-8,11,14-16H,5,9-10,12-13H2,1-4H3,(H,32,37)(H,33,40)(H,34,41)(H,36,38). The van der Waals surface area contributed by atoms with Gasteiger partial charge in [-0.05, 0) is 51.0 Å². The molecule has 12 nitrogen and oxygen atoms in total. The Hall–Kier alpha value is -4.66. The van der Waals surface area contributed by atoms with E-state index in [-0.39, 0.29) is 43.5 Å². The van der Waals surface area contributed by atoms with Crippen molar-refractivity contribution in [3.63, 3.8) is 0 Å². The van der Waals surface area contributed by atoms with Gasteiger partial charge in [-0.3, -0.25) is 14.3 Å². The summed E-state index contributed by atoms with van der Waals surface area (Å²) in [6.45, 7) is 8.32. The lowest BCUT2D eigenvalue weighted by Crippen LogP contribution is -2.34. The van der Waals surface area contributed by atoms with Crippen molar-refractivity contribution in [3.8, 4) is 11.3 Å². The van der Waals surface area contributed by atoms with Crippen LogP contribution in [0.5, 0.6) is 0 Å². The Balaban J connectivity index is 1.35. The Morgan fingerprint density at radius 2 is 1.79 bits per heavy atom. The van der Waals surface area contributed by atoms with E-state index in [4.69, 9.17) is 9.47 Å². The van der Waals surface area contributed by atoms with Crippen molar-refractivity contribution in [2.24, 2.45) is 0 Å². The van der Waals surface area contributed by atoms with Crippen LogP contribution in [0.15, 0.2) is 43.0 Å². The van der Waals surface area contributed by atoms with Gasteiger partial charge in [0.05, 0.1) is 36.9 Å². The highest BCUT2D eigenvalue weighted by Gasteiger charge is 2.36. The molecule has 4 aromatic rings. The van der Waals surface area contributed by atoms with E-state index in [0.717, 1.165) is 11.8 Å². The molecular formula is C28H33F3N8O4. The third-order valence-electron chi connectivity index (χ3n) is 6.07. The summed E-state index contributed by atoms with van der Waals surface area (Å²) in [4.78, 5) is 33.1. The zero-order valence-electron chi connectivity index (χ0n) is 24.1. The number of carbonyl (C=O) groups excluding carboxylic acids is 2. The average molecular weight is 603 g/mol. The summed E-state index contributed by atoms with van der Waals surface area (Å²) in [6.07, 6.45) is 0.833. The number of aromatic nitrogens is 5. The monoisotopic (exact) mass is 602 g/mol. The minimum atomic E-state index is -4.61. The molecule has 2 amide bonds. The molecule has 0 saturated heterocycles. The Kier molecular flexibility index (Phi) is 9.53. The van der Waals surface area contributed by atoms with Gasteiger partial charge in [0, 0.05) is 36.7 Å². The van der Waals surface area contributed by atoms with Crippen molar-refractivity contribution in [3.05, 3.63) is 59.8 Å². The largest absolute Gasteiger partial charge is 0.444 e. The number of hydrogen-bond acceptors (Lipinski definition) is 8. The van der Waals surface area contributed by atoms with Crippen LogP contribution in [-0.2, 0) is 22.1 Å².